The summed E-state index contributed by atoms with van der Waals surface area (Å²) in [5, 5.41) is 4.32. The standard InChI is InChI=1S/C18H18Cl2N4OS/c19-13-4-1-3-12(11-13)17(25)24-9-7-23(8-10-24)16-14(20)5-2-6-15(16)22-18(21)26/h1-6,11H,7-10H2,(H3,21,22,26). The van der Waals surface area contributed by atoms with Crippen LogP contribution in [0.1, 0.15) is 10.4 Å². The lowest BCUT2D eigenvalue weighted by atomic mass is 10.1. The van der Waals surface area contributed by atoms with Crippen LogP contribution in [0.2, 0.25) is 10.0 Å². The van der Waals surface area contributed by atoms with Crippen molar-refractivity contribution in [3.8, 4) is 0 Å². The Morgan fingerprint density at radius 3 is 2.42 bits per heavy atom. The highest BCUT2D eigenvalue weighted by Crippen LogP contribution is 2.34. The quantitative estimate of drug-likeness (QED) is 0.759. The number of anilines is 2. The van der Waals surface area contributed by atoms with Gasteiger partial charge in [-0.1, -0.05) is 35.3 Å². The molecule has 2 aromatic carbocycles. The molecule has 1 amide bonds. The topological polar surface area (TPSA) is 61.6 Å². The molecule has 0 saturated carbocycles. The van der Waals surface area contributed by atoms with Gasteiger partial charge in [0.1, 0.15) is 0 Å². The number of nitrogens with zero attached hydrogens (tertiary/aromatic N) is 2. The van der Waals surface area contributed by atoms with Crippen LogP contribution < -0.4 is 16.0 Å². The lowest BCUT2D eigenvalue weighted by Crippen LogP contribution is -2.49. The number of benzene rings is 2. The Morgan fingerprint density at radius 1 is 1.08 bits per heavy atom. The largest absolute Gasteiger partial charge is 0.376 e. The average Bonchev–Trinajstić information content (AvgIpc) is 2.61. The fourth-order valence-electron chi connectivity index (χ4n) is 3.01. The Hall–Kier alpha value is -2.02. The molecule has 0 aliphatic carbocycles. The van der Waals surface area contributed by atoms with Gasteiger partial charge in [-0.3, -0.25) is 4.79 Å². The maximum absolute atomic E-state index is 12.7. The van der Waals surface area contributed by atoms with Crippen LogP contribution >= 0.6 is 35.4 Å². The predicted molar refractivity (Wildman–Crippen MR) is 111 cm³/mol. The molecular formula is C18H18Cl2N4OS. The van der Waals surface area contributed by atoms with E-state index in [2.05, 4.69) is 10.2 Å². The van der Waals surface area contributed by atoms with E-state index in [0.29, 0.717) is 41.8 Å². The summed E-state index contributed by atoms with van der Waals surface area (Å²) >= 11 is 17.3. The first-order valence-electron chi connectivity index (χ1n) is 8.10. The third-order valence-corrected chi connectivity index (χ3v) is 4.84. The molecule has 1 aliphatic heterocycles. The van der Waals surface area contributed by atoms with Crippen LogP contribution in [-0.4, -0.2) is 42.1 Å². The summed E-state index contributed by atoms with van der Waals surface area (Å²) in [6.07, 6.45) is 0. The van der Waals surface area contributed by atoms with Gasteiger partial charge < -0.3 is 20.9 Å². The van der Waals surface area contributed by atoms with Crippen LogP contribution in [-0.2, 0) is 0 Å². The van der Waals surface area contributed by atoms with Gasteiger partial charge in [-0.2, -0.15) is 0 Å². The molecule has 0 aromatic heterocycles. The molecule has 0 bridgehead atoms. The van der Waals surface area contributed by atoms with Crippen LogP contribution in [0.4, 0.5) is 11.4 Å². The van der Waals surface area contributed by atoms with Crippen LogP contribution in [0, 0.1) is 0 Å². The van der Waals surface area contributed by atoms with Crippen molar-refractivity contribution >= 4 is 57.8 Å². The Balaban J connectivity index is 1.73. The fourth-order valence-corrected chi connectivity index (χ4v) is 3.60. The Kier molecular flexibility index (Phi) is 5.86. The summed E-state index contributed by atoms with van der Waals surface area (Å²) in [6, 6.07) is 12.5. The van der Waals surface area contributed by atoms with Crippen LogP contribution in [0.3, 0.4) is 0 Å². The number of carbonyl (C=O) groups is 1. The third kappa shape index (κ3) is 4.20. The van der Waals surface area contributed by atoms with Crippen molar-refractivity contribution in [1.82, 2.24) is 4.90 Å². The van der Waals surface area contributed by atoms with E-state index in [9.17, 15) is 4.79 Å². The minimum Gasteiger partial charge on any atom is -0.376 e. The molecule has 3 N–H and O–H groups in total. The van der Waals surface area contributed by atoms with Gasteiger partial charge in [0.15, 0.2) is 5.11 Å². The van der Waals surface area contributed by atoms with Gasteiger partial charge in [-0.25, -0.2) is 0 Å². The van der Waals surface area contributed by atoms with Crippen LogP contribution in [0.25, 0.3) is 0 Å². The highest BCUT2D eigenvalue weighted by atomic mass is 35.5. The first kappa shape index (κ1) is 18.8. The number of hydrogen-bond acceptors (Lipinski definition) is 3. The van der Waals surface area contributed by atoms with Crippen molar-refractivity contribution in [2.45, 2.75) is 0 Å². The maximum Gasteiger partial charge on any atom is 0.254 e. The molecule has 1 fully saturated rings. The van der Waals surface area contributed by atoms with Gasteiger partial charge in [-0.05, 0) is 42.5 Å². The van der Waals surface area contributed by atoms with Crippen molar-refractivity contribution < 1.29 is 4.79 Å². The maximum atomic E-state index is 12.7. The van der Waals surface area contributed by atoms with Crippen molar-refractivity contribution in [3.05, 3.63) is 58.1 Å². The highest BCUT2D eigenvalue weighted by molar-refractivity contribution is 7.80. The first-order valence-corrected chi connectivity index (χ1v) is 9.27. The van der Waals surface area contributed by atoms with Gasteiger partial charge in [0.2, 0.25) is 0 Å². The van der Waals surface area contributed by atoms with E-state index < -0.39 is 0 Å². The van der Waals surface area contributed by atoms with E-state index in [4.69, 9.17) is 41.2 Å². The number of nitrogens with two attached hydrogens (primary N) is 1. The normalized spacial score (nSPS) is 14.2. The first-order chi connectivity index (χ1) is 12.5. The molecule has 0 unspecified atom stereocenters. The summed E-state index contributed by atoms with van der Waals surface area (Å²) in [7, 11) is 0. The molecule has 2 aromatic rings. The van der Waals surface area contributed by atoms with Crippen LogP contribution in [0.15, 0.2) is 42.5 Å². The second-order valence-electron chi connectivity index (χ2n) is 5.91. The van der Waals surface area contributed by atoms with Crippen molar-refractivity contribution in [3.63, 3.8) is 0 Å². The molecule has 8 heteroatoms. The number of nitrogens with one attached hydrogen (secondary N) is 1. The molecule has 3 rings (SSSR count). The zero-order chi connectivity index (χ0) is 18.7. The summed E-state index contributed by atoms with van der Waals surface area (Å²) < 4.78 is 0. The smallest absolute Gasteiger partial charge is 0.254 e. The second-order valence-corrected chi connectivity index (χ2v) is 7.20. The molecule has 0 radical (unpaired) electrons. The number of rotatable bonds is 3. The van der Waals surface area contributed by atoms with Gasteiger partial charge in [0.25, 0.3) is 5.91 Å². The van der Waals surface area contributed by atoms with Gasteiger partial charge in [0, 0.05) is 36.8 Å². The van der Waals surface area contributed by atoms with E-state index in [0.717, 1.165) is 11.4 Å². The summed E-state index contributed by atoms with van der Waals surface area (Å²) in [5.74, 6) is -0.0206. The molecule has 0 spiro atoms. The van der Waals surface area contributed by atoms with E-state index >= 15 is 0 Å². The van der Waals surface area contributed by atoms with Crippen LogP contribution in [0.5, 0.6) is 0 Å². The third-order valence-electron chi connectivity index (χ3n) is 4.20. The molecule has 1 heterocycles. The molecule has 26 heavy (non-hydrogen) atoms. The van der Waals surface area contributed by atoms with E-state index in [-0.39, 0.29) is 11.0 Å². The number of hydrogen-bond donors (Lipinski definition) is 2. The zero-order valence-corrected chi connectivity index (χ0v) is 16.2. The Labute approximate surface area is 167 Å². The van der Waals surface area contributed by atoms with Crippen molar-refractivity contribution in [1.29, 1.82) is 0 Å². The fraction of sp³-hybridized carbons (Fsp3) is 0.222. The number of halogens is 2. The van der Waals surface area contributed by atoms with E-state index in [1.165, 1.54) is 0 Å². The highest BCUT2D eigenvalue weighted by Gasteiger charge is 2.25. The summed E-state index contributed by atoms with van der Waals surface area (Å²) in [4.78, 5) is 16.6. The Morgan fingerprint density at radius 2 is 1.77 bits per heavy atom. The van der Waals surface area contributed by atoms with E-state index in [1.54, 1.807) is 24.3 Å². The number of carbonyl (C=O) groups excluding carboxylic acids is 1. The van der Waals surface area contributed by atoms with Gasteiger partial charge in [-0.15, -0.1) is 0 Å². The molecule has 0 atom stereocenters. The second kappa shape index (κ2) is 8.12. The number of piperazine rings is 1. The lowest BCUT2D eigenvalue weighted by molar-refractivity contribution is 0.0747. The van der Waals surface area contributed by atoms with Crippen molar-refractivity contribution in [2.24, 2.45) is 5.73 Å². The molecule has 1 saturated heterocycles. The van der Waals surface area contributed by atoms with Gasteiger partial charge in [0.05, 0.1) is 16.4 Å². The lowest BCUT2D eigenvalue weighted by Gasteiger charge is -2.37. The SMILES string of the molecule is NC(=S)Nc1cccc(Cl)c1N1CCN(C(=O)c2cccc(Cl)c2)CC1. The number of amides is 1. The molecular weight excluding hydrogens is 391 g/mol. The molecule has 5 nitrogen and oxygen atoms in total. The predicted octanol–water partition coefficient (Wildman–Crippen LogP) is 3.61. The van der Waals surface area contributed by atoms with E-state index in [1.807, 2.05) is 23.1 Å². The average molecular weight is 409 g/mol. The minimum absolute atomic E-state index is 0.0206. The zero-order valence-electron chi connectivity index (χ0n) is 13.9. The van der Waals surface area contributed by atoms with Gasteiger partial charge >= 0.3 is 0 Å². The monoisotopic (exact) mass is 408 g/mol. The summed E-state index contributed by atoms with van der Waals surface area (Å²) in [5.41, 5.74) is 7.81. The number of thiocarbonyl (C=S) groups is 1. The minimum atomic E-state index is -0.0206. The molecule has 1 aliphatic rings. The number of para-hydroxylation sites is 1. The van der Waals surface area contributed by atoms with Crippen molar-refractivity contribution in [2.75, 3.05) is 36.4 Å². The Bertz CT molecular complexity index is 838. The molecule has 136 valence electrons. The summed E-state index contributed by atoms with van der Waals surface area (Å²) in [6.45, 7) is 2.48.